The highest BCUT2D eigenvalue weighted by molar-refractivity contribution is 5.69. The molecule has 0 saturated heterocycles. The number of oxazole rings is 1. The quantitative estimate of drug-likeness (QED) is 0.481. The Bertz CT molecular complexity index is 622. The highest BCUT2D eigenvalue weighted by atomic mass is 16.6. The van der Waals surface area contributed by atoms with Crippen molar-refractivity contribution < 1.29 is 9.34 Å². The standard InChI is InChI=1S/C15H19N3O3/c1-3-16-8-4-5-15-17-10-14(21-15)12-9-11(2)6-7-13(12)18(19)20/h6-7,9-10,16H,3-5,8H2,1-2H3. The lowest BCUT2D eigenvalue weighted by atomic mass is 10.1. The third-order valence-corrected chi connectivity index (χ3v) is 3.16. The number of hydrogen-bond donors (Lipinski definition) is 1. The Balaban J connectivity index is 2.17. The molecule has 2 rings (SSSR count). The lowest BCUT2D eigenvalue weighted by molar-refractivity contribution is -0.384. The van der Waals surface area contributed by atoms with Crippen LogP contribution in [0.5, 0.6) is 0 Å². The average Bonchev–Trinajstić information content (AvgIpc) is 2.92. The Morgan fingerprint density at radius 1 is 1.43 bits per heavy atom. The molecule has 0 aliphatic carbocycles. The average molecular weight is 289 g/mol. The first kappa shape index (κ1) is 15.2. The van der Waals surface area contributed by atoms with Crippen molar-refractivity contribution in [2.24, 2.45) is 0 Å². The second kappa shape index (κ2) is 6.99. The van der Waals surface area contributed by atoms with Crippen LogP contribution in [0.25, 0.3) is 11.3 Å². The van der Waals surface area contributed by atoms with E-state index in [0.29, 0.717) is 23.6 Å². The van der Waals surface area contributed by atoms with Crippen LogP contribution in [-0.4, -0.2) is 23.0 Å². The molecule has 1 aromatic carbocycles. The molecule has 21 heavy (non-hydrogen) atoms. The van der Waals surface area contributed by atoms with Crippen LogP contribution in [-0.2, 0) is 6.42 Å². The van der Waals surface area contributed by atoms with Crippen LogP contribution in [0.2, 0.25) is 0 Å². The highest BCUT2D eigenvalue weighted by Crippen LogP contribution is 2.31. The van der Waals surface area contributed by atoms with Gasteiger partial charge in [0.25, 0.3) is 5.69 Å². The number of aryl methyl sites for hydroxylation is 2. The van der Waals surface area contributed by atoms with Crippen molar-refractivity contribution in [1.29, 1.82) is 0 Å². The summed E-state index contributed by atoms with van der Waals surface area (Å²) in [6, 6.07) is 4.97. The van der Waals surface area contributed by atoms with Crippen molar-refractivity contribution in [2.75, 3.05) is 13.1 Å². The van der Waals surface area contributed by atoms with Gasteiger partial charge in [-0.3, -0.25) is 10.1 Å². The molecule has 112 valence electrons. The molecule has 1 aromatic heterocycles. The number of hydrogen-bond acceptors (Lipinski definition) is 5. The number of rotatable bonds is 7. The van der Waals surface area contributed by atoms with E-state index in [1.54, 1.807) is 18.3 Å². The number of aromatic nitrogens is 1. The molecule has 1 heterocycles. The third kappa shape index (κ3) is 3.88. The van der Waals surface area contributed by atoms with E-state index in [0.717, 1.165) is 25.1 Å². The minimum atomic E-state index is -0.401. The monoisotopic (exact) mass is 289 g/mol. The van der Waals surface area contributed by atoms with E-state index in [1.807, 2.05) is 6.92 Å². The fraction of sp³-hybridized carbons (Fsp3) is 0.400. The van der Waals surface area contributed by atoms with E-state index in [2.05, 4.69) is 17.2 Å². The van der Waals surface area contributed by atoms with Gasteiger partial charge in [0.1, 0.15) is 0 Å². The third-order valence-electron chi connectivity index (χ3n) is 3.16. The SMILES string of the molecule is CCNCCCc1ncc(-c2cc(C)ccc2[N+](=O)[O-])o1. The number of nitro benzene ring substituents is 1. The van der Waals surface area contributed by atoms with Gasteiger partial charge in [-0.15, -0.1) is 0 Å². The summed E-state index contributed by atoms with van der Waals surface area (Å²) in [5.41, 5.74) is 1.46. The number of nitrogens with one attached hydrogen (secondary N) is 1. The van der Waals surface area contributed by atoms with Crippen LogP contribution < -0.4 is 5.32 Å². The summed E-state index contributed by atoms with van der Waals surface area (Å²) in [6.07, 6.45) is 3.20. The van der Waals surface area contributed by atoms with Gasteiger partial charge in [0.15, 0.2) is 11.7 Å². The molecule has 6 heteroatoms. The highest BCUT2D eigenvalue weighted by Gasteiger charge is 2.18. The minimum Gasteiger partial charge on any atom is -0.440 e. The summed E-state index contributed by atoms with van der Waals surface area (Å²) in [7, 11) is 0. The van der Waals surface area contributed by atoms with Crippen molar-refractivity contribution in [3.05, 3.63) is 46.0 Å². The zero-order chi connectivity index (χ0) is 15.2. The van der Waals surface area contributed by atoms with E-state index in [-0.39, 0.29) is 5.69 Å². The fourth-order valence-corrected chi connectivity index (χ4v) is 2.10. The predicted octanol–water partition coefficient (Wildman–Crippen LogP) is 3.10. The summed E-state index contributed by atoms with van der Waals surface area (Å²) in [6.45, 7) is 5.78. The molecule has 0 amide bonds. The molecule has 2 aromatic rings. The molecule has 1 N–H and O–H groups in total. The maximum absolute atomic E-state index is 11.1. The smallest absolute Gasteiger partial charge is 0.280 e. The summed E-state index contributed by atoms with van der Waals surface area (Å²) >= 11 is 0. The Labute approximate surface area is 123 Å². The zero-order valence-corrected chi connectivity index (χ0v) is 12.3. The molecule has 0 aliphatic heterocycles. The first-order chi connectivity index (χ1) is 10.1. The van der Waals surface area contributed by atoms with E-state index >= 15 is 0 Å². The van der Waals surface area contributed by atoms with Crippen LogP contribution in [0.1, 0.15) is 24.8 Å². The number of nitrogens with zero attached hydrogens (tertiary/aromatic N) is 2. The maximum atomic E-state index is 11.1. The summed E-state index contributed by atoms with van der Waals surface area (Å²) < 4.78 is 5.65. The molecule has 0 radical (unpaired) electrons. The lowest BCUT2D eigenvalue weighted by Crippen LogP contribution is -2.14. The van der Waals surface area contributed by atoms with Gasteiger partial charge in [-0.1, -0.05) is 13.0 Å². The number of nitro groups is 1. The van der Waals surface area contributed by atoms with Crippen molar-refractivity contribution >= 4 is 5.69 Å². The van der Waals surface area contributed by atoms with E-state index in [4.69, 9.17) is 4.42 Å². The van der Waals surface area contributed by atoms with Gasteiger partial charge in [0.05, 0.1) is 16.7 Å². The Hall–Kier alpha value is -2.21. The summed E-state index contributed by atoms with van der Waals surface area (Å²) in [5.74, 6) is 1.06. The summed E-state index contributed by atoms with van der Waals surface area (Å²) in [4.78, 5) is 14.9. The second-order valence-corrected chi connectivity index (χ2v) is 4.85. The van der Waals surface area contributed by atoms with Crippen molar-refractivity contribution in [3.8, 4) is 11.3 Å². The molecule has 0 saturated carbocycles. The topological polar surface area (TPSA) is 81.2 Å². The van der Waals surface area contributed by atoms with E-state index in [1.165, 1.54) is 6.07 Å². The first-order valence-electron chi connectivity index (χ1n) is 7.02. The minimum absolute atomic E-state index is 0.0379. The molecule has 0 atom stereocenters. The van der Waals surface area contributed by atoms with Gasteiger partial charge in [-0.25, -0.2) is 4.98 Å². The zero-order valence-electron chi connectivity index (χ0n) is 12.3. The van der Waals surface area contributed by atoms with Crippen LogP contribution in [0, 0.1) is 17.0 Å². The van der Waals surface area contributed by atoms with Crippen LogP contribution in [0.15, 0.2) is 28.8 Å². The fourth-order valence-electron chi connectivity index (χ4n) is 2.10. The van der Waals surface area contributed by atoms with E-state index in [9.17, 15) is 10.1 Å². The van der Waals surface area contributed by atoms with Gasteiger partial charge >= 0.3 is 0 Å². The molecule has 0 fully saturated rings. The first-order valence-corrected chi connectivity index (χ1v) is 7.02. The van der Waals surface area contributed by atoms with Gasteiger partial charge in [-0.2, -0.15) is 0 Å². The van der Waals surface area contributed by atoms with Crippen molar-refractivity contribution in [2.45, 2.75) is 26.7 Å². The molecule has 0 unspecified atom stereocenters. The van der Waals surface area contributed by atoms with Crippen molar-refractivity contribution in [1.82, 2.24) is 10.3 Å². The van der Waals surface area contributed by atoms with Gasteiger partial charge in [0, 0.05) is 12.5 Å². The second-order valence-electron chi connectivity index (χ2n) is 4.85. The van der Waals surface area contributed by atoms with Gasteiger partial charge < -0.3 is 9.73 Å². The summed E-state index contributed by atoms with van der Waals surface area (Å²) in [5, 5.41) is 14.3. The largest absolute Gasteiger partial charge is 0.440 e. The normalized spacial score (nSPS) is 10.8. The Kier molecular flexibility index (Phi) is 5.05. The van der Waals surface area contributed by atoms with Crippen LogP contribution in [0.3, 0.4) is 0 Å². The van der Waals surface area contributed by atoms with E-state index < -0.39 is 4.92 Å². The van der Waals surface area contributed by atoms with Crippen molar-refractivity contribution in [3.63, 3.8) is 0 Å². The molecule has 6 nitrogen and oxygen atoms in total. The molecular weight excluding hydrogens is 270 g/mol. The number of benzene rings is 1. The predicted molar refractivity (Wildman–Crippen MR) is 80.2 cm³/mol. The molecular formula is C15H19N3O3. The lowest BCUT2D eigenvalue weighted by Gasteiger charge is -2.01. The van der Waals surface area contributed by atoms with Gasteiger partial charge in [0.2, 0.25) is 0 Å². The Morgan fingerprint density at radius 2 is 2.24 bits per heavy atom. The van der Waals surface area contributed by atoms with Crippen LogP contribution in [0.4, 0.5) is 5.69 Å². The van der Waals surface area contributed by atoms with Gasteiger partial charge in [-0.05, 0) is 38.1 Å². The van der Waals surface area contributed by atoms with Crippen LogP contribution >= 0.6 is 0 Å². The molecule has 0 aliphatic rings. The molecule has 0 spiro atoms. The maximum Gasteiger partial charge on any atom is 0.280 e. The molecule has 0 bridgehead atoms. The Morgan fingerprint density at radius 3 is 2.95 bits per heavy atom.